The number of urea groups is 1. The molecule has 3 aromatic rings. The molecule has 3 nitrogen and oxygen atoms in total. The zero-order valence-electron chi connectivity index (χ0n) is 11.6. The summed E-state index contributed by atoms with van der Waals surface area (Å²) in [5, 5.41) is 5.23. The number of halogens is 1. The Morgan fingerprint density at radius 1 is 1.00 bits per heavy atom. The van der Waals surface area contributed by atoms with Crippen molar-refractivity contribution in [3.8, 4) is 0 Å². The first-order valence-electron chi connectivity index (χ1n) is 6.46. The molecule has 0 atom stereocenters. The largest absolute Gasteiger partial charge is 6.00 e. The van der Waals surface area contributed by atoms with Gasteiger partial charge in [-0.25, -0.2) is 16.5 Å². The van der Waals surface area contributed by atoms with E-state index in [4.69, 9.17) is 0 Å². The van der Waals surface area contributed by atoms with Gasteiger partial charge in [0.15, 0.2) is 0 Å². The molecule has 3 rings (SSSR count). The van der Waals surface area contributed by atoms with Crippen LogP contribution in [0.15, 0.2) is 78.9 Å². The van der Waals surface area contributed by atoms with Crippen molar-refractivity contribution in [3.05, 3.63) is 84.7 Å². The number of hydrogen-bond donors (Lipinski definition) is 2. The number of hydrogen-bond acceptors (Lipinski definition) is 1. The zero-order valence-corrected chi connectivity index (χ0v) is 12.7. The van der Waals surface area contributed by atoms with Gasteiger partial charge >= 0.3 is 17.1 Å². The number of carbonyl (C=O) groups excluding carboxylic acids is 1. The first kappa shape index (κ1) is 17.7. The zero-order chi connectivity index (χ0) is 14.9. The minimum Gasteiger partial charge on any atom is -0.387 e. The molecule has 0 aromatic heterocycles. The van der Waals surface area contributed by atoms with Gasteiger partial charge in [-0.3, -0.25) is 0 Å². The standard InChI is InChI=1S/C12H10FN2O.C5H5.Fe/c13-9-5-7-11(8-6-9)15-12(16)14-10-3-1-2-4-10;1-2-4-5-3-1;/h1-8H,(H2,14,15,16);1-5H;/q2*-1;+6. The van der Waals surface area contributed by atoms with Crippen LogP contribution < -0.4 is 10.6 Å². The molecule has 0 unspecified atom stereocenters. The summed E-state index contributed by atoms with van der Waals surface area (Å²) in [7, 11) is 0. The predicted octanol–water partition coefficient (Wildman–Crippen LogP) is 4.59. The quantitative estimate of drug-likeness (QED) is 0.521. The average Bonchev–Trinajstić information content (AvgIpc) is 3.16. The molecule has 0 spiro atoms. The summed E-state index contributed by atoms with van der Waals surface area (Å²) in [6, 6.07) is 22.4. The normalized spacial score (nSPS) is 8.95. The monoisotopic (exact) mass is 338 g/mol. The van der Waals surface area contributed by atoms with E-state index in [-0.39, 0.29) is 28.9 Å². The minimum absolute atomic E-state index is 0. The molecule has 0 aliphatic rings. The molecule has 0 bridgehead atoms. The molecule has 0 aliphatic carbocycles. The van der Waals surface area contributed by atoms with Crippen LogP contribution >= 0.6 is 0 Å². The van der Waals surface area contributed by atoms with E-state index in [9.17, 15) is 9.18 Å². The molecule has 0 fully saturated rings. The van der Waals surface area contributed by atoms with E-state index in [1.54, 1.807) is 12.1 Å². The summed E-state index contributed by atoms with van der Waals surface area (Å²) in [5.74, 6) is -0.331. The second kappa shape index (κ2) is 9.55. The van der Waals surface area contributed by atoms with E-state index < -0.39 is 0 Å². The maximum atomic E-state index is 12.6. The van der Waals surface area contributed by atoms with Crippen LogP contribution in [0, 0.1) is 5.82 Å². The minimum atomic E-state index is -0.349. The Morgan fingerprint density at radius 3 is 2.09 bits per heavy atom. The number of carbonyl (C=O) groups is 1. The second-order valence-electron chi connectivity index (χ2n) is 4.22. The van der Waals surface area contributed by atoms with Crippen LogP contribution in [0.2, 0.25) is 0 Å². The summed E-state index contributed by atoms with van der Waals surface area (Å²) in [5.41, 5.74) is 1.27. The van der Waals surface area contributed by atoms with Gasteiger partial charge in [-0.2, -0.15) is 30.3 Å². The third kappa shape index (κ3) is 6.39. The number of amides is 2. The van der Waals surface area contributed by atoms with Gasteiger partial charge < -0.3 is 15.4 Å². The molecule has 0 saturated heterocycles. The van der Waals surface area contributed by atoms with Crippen molar-refractivity contribution >= 4 is 17.4 Å². The van der Waals surface area contributed by atoms with Crippen LogP contribution in [0.5, 0.6) is 0 Å². The summed E-state index contributed by atoms with van der Waals surface area (Å²) >= 11 is 0. The number of nitrogens with one attached hydrogen (secondary N) is 2. The van der Waals surface area contributed by atoms with Crippen molar-refractivity contribution in [1.29, 1.82) is 0 Å². The van der Waals surface area contributed by atoms with Crippen LogP contribution in [0.4, 0.5) is 20.6 Å². The summed E-state index contributed by atoms with van der Waals surface area (Å²) < 4.78 is 12.6. The first-order chi connectivity index (χ1) is 10.2. The molecule has 0 aliphatic heterocycles. The van der Waals surface area contributed by atoms with Gasteiger partial charge in [-0.1, -0.05) is 0 Å². The Balaban J connectivity index is 0.000000344. The third-order valence-electron chi connectivity index (χ3n) is 2.58. The number of anilines is 2. The molecule has 2 amide bonds. The Labute approximate surface area is 139 Å². The van der Waals surface area contributed by atoms with Gasteiger partial charge in [0.1, 0.15) is 5.82 Å². The smallest absolute Gasteiger partial charge is 0.387 e. The van der Waals surface area contributed by atoms with Gasteiger partial charge in [-0.15, -0.1) is 12.1 Å². The molecule has 0 saturated carbocycles. The predicted molar refractivity (Wildman–Crippen MR) is 83.1 cm³/mol. The molecular weight excluding hydrogens is 323 g/mol. The summed E-state index contributed by atoms with van der Waals surface area (Å²) in [4.78, 5) is 11.4. The van der Waals surface area contributed by atoms with Crippen LogP contribution in [0.3, 0.4) is 0 Å². The van der Waals surface area contributed by atoms with Gasteiger partial charge in [0.05, 0.1) is 0 Å². The molecule has 0 heterocycles. The van der Waals surface area contributed by atoms with E-state index in [0.717, 1.165) is 5.69 Å². The molecule has 2 N–H and O–H groups in total. The van der Waals surface area contributed by atoms with E-state index in [2.05, 4.69) is 10.6 Å². The van der Waals surface area contributed by atoms with E-state index >= 15 is 0 Å². The van der Waals surface area contributed by atoms with Crippen molar-refractivity contribution in [2.45, 2.75) is 0 Å². The molecule has 0 radical (unpaired) electrons. The fourth-order valence-electron chi connectivity index (χ4n) is 1.60. The molecule has 110 valence electrons. The van der Waals surface area contributed by atoms with E-state index in [1.807, 2.05) is 42.5 Å². The fourth-order valence-corrected chi connectivity index (χ4v) is 1.60. The Hall–Kier alpha value is -2.36. The van der Waals surface area contributed by atoms with Gasteiger partial charge in [-0.05, 0) is 30.0 Å². The van der Waals surface area contributed by atoms with Gasteiger partial charge in [0.2, 0.25) is 6.03 Å². The SMILES string of the molecule is O=C(Nc1ccc(F)cc1)N[c-]1cccc1.[Fe+6].c1cc[cH-]c1. The summed E-state index contributed by atoms with van der Waals surface area (Å²) in [6.45, 7) is 0. The third-order valence-corrected chi connectivity index (χ3v) is 2.58. The van der Waals surface area contributed by atoms with E-state index in [1.165, 1.54) is 24.3 Å². The van der Waals surface area contributed by atoms with Crippen LogP contribution in [-0.4, -0.2) is 6.03 Å². The van der Waals surface area contributed by atoms with Crippen LogP contribution in [0.25, 0.3) is 0 Å². The van der Waals surface area contributed by atoms with Crippen molar-refractivity contribution < 1.29 is 26.3 Å². The topological polar surface area (TPSA) is 41.1 Å². The first-order valence-corrected chi connectivity index (χ1v) is 6.46. The van der Waals surface area contributed by atoms with Crippen LogP contribution in [-0.2, 0) is 17.1 Å². The number of rotatable bonds is 2. The van der Waals surface area contributed by atoms with Crippen molar-refractivity contribution in [2.24, 2.45) is 0 Å². The Morgan fingerprint density at radius 2 is 1.59 bits per heavy atom. The summed E-state index contributed by atoms with van der Waals surface area (Å²) in [6.07, 6.45) is 0. The number of benzene rings is 1. The molecular formula is C17H15FFeN2O+4. The maximum absolute atomic E-state index is 12.6. The molecule has 22 heavy (non-hydrogen) atoms. The Bertz CT molecular complexity index is 617. The van der Waals surface area contributed by atoms with Crippen LogP contribution in [0.1, 0.15) is 0 Å². The molecule has 5 heteroatoms. The van der Waals surface area contributed by atoms with Gasteiger partial charge in [0.25, 0.3) is 0 Å². The fraction of sp³-hybridized carbons (Fsp3) is 0. The maximum Gasteiger partial charge on any atom is 6.00 e. The average molecular weight is 338 g/mol. The molecule has 3 aromatic carbocycles. The van der Waals surface area contributed by atoms with Crippen molar-refractivity contribution in [3.63, 3.8) is 0 Å². The van der Waals surface area contributed by atoms with Crippen molar-refractivity contribution in [2.75, 3.05) is 10.6 Å². The van der Waals surface area contributed by atoms with Crippen molar-refractivity contribution in [1.82, 2.24) is 0 Å². The Kier molecular flexibility index (Phi) is 7.68. The van der Waals surface area contributed by atoms with Gasteiger partial charge in [0, 0.05) is 5.69 Å². The van der Waals surface area contributed by atoms with E-state index in [0.29, 0.717) is 5.69 Å². The second-order valence-corrected chi connectivity index (χ2v) is 4.22.